The fourth-order valence-electron chi connectivity index (χ4n) is 1.21. The molecule has 0 bridgehead atoms. The first kappa shape index (κ1) is 12.4. The van der Waals surface area contributed by atoms with Gasteiger partial charge in [-0.1, -0.05) is 25.6 Å². The van der Waals surface area contributed by atoms with E-state index in [1.54, 1.807) is 11.8 Å². The standard InChI is InChI=1S/C10H18N2O2S/c1-7(2)8-6-15-10(12-8)11-5-4-9(13)14-3/h7-8H,4-6H2,1-3H3,(H,11,12). The second kappa shape index (κ2) is 6.00. The minimum absolute atomic E-state index is 0.206. The topological polar surface area (TPSA) is 50.7 Å². The van der Waals surface area contributed by atoms with Gasteiger partial charge in [0.2, 0.25) is 0 Å². The third-order valence-electron chi connectivity index (χ3n) is 2.31. The Morgan fingerprint density at radius 2 is 2.47 bits per heavy atom. The first-order valence-electron chi connectivity index (χ1n) is 5.14. The fourth-order valence-corrected chi connectivity index (χ4v) is 2.43. The molecule has 4 nitrogen and oxygen atoms in total. The van der Waals surface area contributed by atoms with Crippen LogP contribution >= 0.6 is 11.8 Å². The lowest BCUT2D eigenvalue weighted by Crippen LogP contribution is -2.31. The van der Waals surface area contributed by atoms with E-state index in [1.807, 2.05) is 0 Å². The van der Waals surface area contributed by atoms with Gasteiger partial charge in [0.15, 0.2) is 5.17 Å². The number of carbonyl (C=O) groups excluding carboxylic acids is 1. The molecule has 1 aliphatic rings. The molecule has 1 rings (SSSR count). The van der Waals surface area contributed by atoms with Gasteiger partial charge in [-0.15, -0.1) is 0 Å². The van der Waals surface area contributed by atoms with Crippen molar-refractivity contribution in [2.24, 2.45) is 10.9 Å². The number of hydrogen-bond donors (Lipinski definition) is 1. The molecule has 1 saturated heterocycles. The Bertz CT molecular complexity index is 254. The van der Waals surface area contributed by atoms with Crippen LogP contribution in [0.5, 0.6) is 0 Å². The van der Waals surface area contributed by atoms with E-state index in [-0.39, 0.29) is 5.97 Å². The van der Waals surface area contributed by atoms with Crippen LogP contribution in [0.1, 0.15) is 20.3 Å². The Morgan fingerprint density at radius 1 is 1.73 bits per heavy atom. The zero-order chi connectivity index (χ0) is 11.3. The van der Waals surface area contributed by atoms with Gasteiger partial charge in [0.25, 0.3) is 0 Å². The van der Waals surface area contributed by atoms with Crippen LogP contribution in [0.2, 0.25) is 0 Å². The van der Waals surface area contributed by atoms with E-state index in [4.69, 9.17) is 0 Å². The predicted octanol–water partition coefficient (Wildman–Crippen LogP) is 1.27. The van der Waals surface area contributed by atoms with Crippen molar-refractivity contribution in [2.45, 2.75) is 26.3 Å². The number of hydrogen-bond acceptors (Lipinski definition) is 4. The van der Waals surface area contributed by atoms with Crippen molar-refractivity contribution in [3.8, 4) is 0 Å². The number of aliphatic imine (C=N–C) groups is 1. The first-order chi connectivity index (χ1) is 7.13. The van der Waals surface area contributed by atoms with E-state index in [9.17, 15) is 4.79 Å². The quantitative estimate of drug-likeness (QED) is 0.739. The largest absolute Gasteiger partial charge is 0.469 e. The van der Waals surface area contributed by atoms with Gasteiger partial charge >= 0.3 is 5.97 Å². The molecule has 1 atom stereocenters. The lowest BCUT2D eigenvalue weighted by atomic mass is 10.1. The summed E-state index contributed by atoms with van der Waals surface area (Å²) in [5, 5.41) is 4.30. The Kier molecular flexibility index (Phi) is 4.94. The lowest BCUT2D eigenvalue weighted by Gasteiger charge is -2.12. The molecule has 5 heteroatoms. The van der Waals surface area contributed by atoms with Crippen molar-refractivity contribution in [3.63, 3.8) is 0 Å². The third-order valence-corrected chi connectivity index (χ3v) is 3.36. The van der Waals surface area contributed by atoms with Crippen molar-refractivity contribution in [1.29, 1.82) is 0 Å². The van der Waals surface area contributed by atoms with Crippen molar-refractivity contribution in [3.05, 3.63) is 0 Å². The maximum atomic E-state index is 10.8. The van der Waals surface area contributed by atoms with E-state index in [1.165, 1.54) is 7.11 Å². The zero-order valence-electron chi connectivity index (χ0n) is 9.45. The molecular weight excluding hydrogens is 212 g/mol. The molecule has 1 fully saturated rings. The Morgan fingerprint density at radius 3 is 3.00 bits per heavy atom. The number of amidine groups is 1. The zero-order valence-corrected chi connectivity index (χ0v) is 10.3. The average molecular weight is 230 g/mol. The lowest BCUT2D eigenvalue weighted by molar-refractivity contribution is -0.140. The number of ether oxygens (including phenoxy) is 1. The third kappa shape index (κ3) is 4.11. The molecule has 1 N–H and O–H groups in total. The highest BCUT2D eigenvalue weighted by Crippen LogP contribution is 2.18. The Labute approximate surface area is 94.9 Å². The number of carbonyl (C=O) groups is 1. The summed E-state index contributed by atoms with van der Waals surface area (Å²) in [6.07, 6.45) is 0.356. The van der Waals surface area contributed by atoms with Crippen molar-refractivity contribution in [1.82, 2.24) is 5.32 Å². The number of thioether (sulfide) groups is 1. The SMILES string of the molecule is COC(=O)CCN=C1NC(C(C)C)CS1. The highest BCUT2D eigenvalue weighted by Gasteiger charge is 2.22. The molecule has 0 saturated carbocycles. The van der Waals surface area contributed by atoms with E-state index in [0.717, 1.165) is 10.9 Å². The minimum Gasteiger partial charge on any atom is -0.469 e. The maximum Gasteiger partial charge on any atom is 0.307 e. The first-order valence-corrected chi connectivity index (χ1v) is 6.12. The van der Waals surface area contributed by atoms with Gasteiger partial charge in [0, 0.05) is 11.8 Å². The number of esters is 1. The summed E-state index contributed by atoms with van der Waals surface area (Å²) in [5.41, 5.74) is 0. The van der Waals surface area contributed by atoms with Gasteiger partial charge in [-0.05, 0) is 5.92 Å². The van der Waals surface area contributed by atoms with Crippen LogP contribution in [0.15, 0.2) is 4.99 Å². The molecule has 1 aliphatic heterocycles. The smallest absolute Gasteiger partial charge is 0.307 e. The Hall–Kier alpha value is -0.710. The summed E-state index contributed by atoms with van der Waals surface area (Å²) in [6, 6.07) is 0.506. The molecule has 0 radical (unpaired) electrons. The van der Waals surface area contributed by atoms with E-state index < -0.39 is 0 Å². The molecular formula is C10H18N2O2S. The van der Waals surface area contributed by atoms with E-state index >= 15 is 0 Å². The van der Waals surface area contributed by atoms with Gasteiger partial charge in [-0.3, -0.25) is 9.79 Å². The van der Waals surface area contributed by atoms with Crippen molar-refractivity contribution in [2.75, 3.05) is 19.4 Å². The minimum atomic E-state index is -0.206. The molecule has 0 aromatic carbocycles. The highest BCUT2D eigenvalue weighted by molar-refractivity contribution is 8.14. The number of nitrogens with zero attached hydrogens (tertiary/aromatic N) is 1. The average Bonchev–Trinajstić information content (AvgIpc) is 2.66. The van der Waals surface area contributed by atoms with E-state index in [0.29, 0.717) is 24.9 Å². The van der Waals surface area contributed by atoms with Crippen LogP contribution in [0.4, 0.5) is 0 Å². The summed E-state index contributed by atoms with van der Waals surface area (Å²) in [6.45, 7) is 4.89. The summed E-state index contributed by atoms with van der Waals surface area (Å²) >= 11 is 1.72. The monoisotopic (exact) mass is 230 g/mol. The van der Waals surface area contributed by atoms with Gasteiger partial charge in [-0.2, -0.15) is 0 Å². The molecule has 0 amide bonds. The molecule has 0 aromatic heterocycles. The summed E-state index contributed by atoms with van der Waals surface area (Å²) < 4.78 is 4.54. The Balaban J connectivity index is 2.27. The number of rotatable bonds is 4. The molecule has 0 aliphatic carbocycles. The summed E-state index contributed by atoms with van der Waals surface area (Å²) in [7, 11) is 1.40. The molecule has 15 heavy (non-hydrogen) atoms. The van der Waals surface area contributed by atoms with Gasteiger partial charge in [0.1, 0.15) is 0 Å². The van der Waals surface area contributed by atoms with Crippen molar-refractivity contribution >= 4 is 22.9 Å². The van der Waals surface area contributed by atoms with Crippen LogP contribution in [0.25, 0.3) is 0 Å². The molecule has 0 aromatic rings. The highest BCUT2D eigenvalue weighted by atomic mass is 32.2. The van der Waals surface area contributed by atoms with Crippen LogP contribution in [0, 0.1) is 5.92 Å². The second-order valence-electron chi connectivity index (χ2n) is 3.82. The van der Waals surface area contributed by atoms with Crippen LogP contribution in [-0.2, 0) is 9.53 Å². The number of nitrogens with one attached hydrogen (secondary N) is 1. The fraction of sp³-hybridized carbons (Fsp3) is 0.800. The van der Waals surface area contributed by atoms with Crippen LogP contribution in [0.3, 0.4) is 0 Å². The summed E-state index contributed by atoms with van der Waals surface area (Å²) in [4.78, 5) is 15.2. The molecule has 1 unspecified atom stereocenters. The van der Waals surface area contributed by atoms with E-state index in [2.05, 4.69) is 28.9 Å². The van der Waals surface area contributed by atoms with Gasteiger partial charge in [-0.25, -0.2) is 0 Å². The van der Waals surface area contributed by atoms with Gasteiger partial charge < -0.3 is 10.1 Å². The molecule has 0 spiro atoms. The maximum absolute atomic E-state index is 10.8. The van der Waals surface area contributed by atoms with Crippen LogP contribution < -0.4 is 5.32 Å². The predicted molar refractivity (Wildman–Crippen MR) is 63.2 cm³/mol. The molecule has 86 valence electrons. The van der Waals surface area contributed by atoms with Crippen LogP contribution in [-0.4, -0.2) is 36.6 Å². The van der Waals surface area contributed by atoms with Crippen molar-refractivity contribution < 1.29 is 9.53 Å². The summed E-state index contributed by atoms with van der Waals surface area (Å²) in [5.74, 6) is 1.47. The second-order valence-corrected chi connectivity index (χ2v) is 4.83. The molecule has 1 heterocycles. The number of methoxy groups -OCH3 is 1. The van der Waals surface area contributed by atoms with Gasteiger partial charge in [0.05, 0.1) is 20.1 Å². The normalized spacial score (nSPS) is 23.2.